The second-order valence-electron chi connectivity index (χ2n) is 6.71. The van der Waals surface area contributed by atoms with Gasteiger partial charge in [0.1, 0.15) is 0 Å². The van der Waals surface area contributed by atoms with Gasteiger partial charge in [0, 0.05) is 39.3 Å². The van der Waals surface area contributed by atoms with Crippen molar-refractivity contribution in [2.24, 2.45) is 4.99 Å². The first-order valence-corrected chi connectivity index (χ1v) is 9.71. The van der Waals surface area contributed by atoms with Crippen molar-refractivity contribution in [3.63, 3.8) is 0 Å². The molecule has 1 aromatic carbocycles. The zero-order valence-electron chi connectivity index (χ0n) is 16.2. The predicted octanol–water partition coefficient (Wildman–Crippen LogP) is 1.63. The topological polar surface area (TPSA) is 68.8 Å². The van der Waals surface area contributed by atoms with Gasteiger partial charge in [0.25, 0.3) is 5.91 Å². The monoisotopic (exact) mass is 359 g/mol. The fraction of sp³-hybridized carbons (Fsp3) is 0.600. The third-order valence-electron chi connectivity index (χ3n) is 4.77. The van der Waals surface area contributed by atoms with Gasteiger partial charge in [-0.05, 0) is 50.0 Å². The van der Waals surface area contributed by atoms with E-state index >= 15 is 0 Å². The molecule has 0 spiro atoms. The molecule has 3 N–H and O–H groups in total. The quantitative estimate of drug-likeness (QED) is 0.511. The van der Waals surface area contributed by atoms with Crippen molar-refractivity contribution in [1.29, 1.82) is 0 Å². The first-order chi connectivity index (χ1) is 12.7. The minimum Gasteiger partial charge on any atom is -0.356 e. The normalized spacial score (nSPS) is 16.0. The summed E-state index contributed by atoms with van der Waals surface area (Å²) in [6, 6.07) is 7.74. The predicted molar refractivity (Wildman–Crippen MR) is 108 cm³/mol. The Hall–Kier alpha value is -2.08. The van der Waals surface area contributed by atoms with E-state index in [0.29, 0.717) is 5.56 Å². The summed E-state index contributed by atoms with van der Waals surface area (Å²) in [6.07, 6.45) is 6.23. The molecule has 0 bridgehead atoms. The molecule has 1 aliphatic rings. The highest BCUT2D eigenvalue weighted by Crippen LogP contribution is 2.08. The maximum Gasteiger partial charge on any atom is 0.251 e. The fourth-order valence-corrected chi connectivity index (χ4v) is 3.25. The van der Waals surface area contributed by atoms with Crippen LogP contribution in [-0.4, -0.2) is 63.6 Å². The number of likely N-dealkylation sites (tertiary alicyclic amines) is 1. The molecule has 0 aromatic heterocycles. The third kappa shape index (κ3) is 7.04. The van der Waals surface area contributed by atoms with E-state index in [1.54, 1.807) is 14.1 Å². The molecule has 1 heterocycles. The van der Waals surface area contributed by atoms with E-state index in [0.717, 1.165) is 37.6 Å². The molecule has 144 valence electrons. The summed E-state index contributed by atoms with van der Waals surface area (Å²) in [7, 11) is 3.45. The van der Waals surface area contributed by atoms with Crippen molar-refractivity contribution < 1.29 is 4.79 Å². The Labute approximate surface area is 157 Å². The zero-order chi connectivity index (χ0) is 18.6. The summed E-state index contributed by atoms with van der Waals surface area (Å²) in [4.78, 5) is 18.5. The Balaban J connectivity index is 1.69. The van der Waals surface area contributed by atoms with Crippen molar-refractivity contribution in [3.8, 4) is 0 Å². The van der Waals surface area contributed by atoms with Gasteiger partial charge in [-0.15, -0.1) is 0 Å². The van der Waals surface area contributed by atoms with E-state index in [1.165, 1.54) is 38.8 Å². The number of hydrogen-bond donors (Lipinski definition) is 3. The van der Waals surface area contributed by atoms with Crippen LogP contribution in [0.5, 0.6) is 0 Å². The number of rotatable bonds is 7. The Kier molecular flexibility index (Phi) is 8.96. The molecule has 6 heteroatoms. The minimum atomic E-state index is -0.0502. The van der Waals surface area contributed by atoms with Crippen molar-refractivity contribution in [3.05, 3.63) is 35.4 Å². The number of hydrogen-bond acceptors (Lipinski definition) is 3. The molecular formula is C20H33N5O. The fourth-order valence-electron chi connectivity index (χ4n) is 3.25. The van der Waals surface area contributed by atoms with Crippen LogP contribution in [0, 0.1) is 0 Å². The summed E-state index contributed by atoms with van der Waals surface area (Å²) in [5.41, 5.74) is 1.84. The molecule has 1 saturated heterocycles. The molecule has 0 atom stereocenters. The Morgan fingerprint density at radius 3 is 2.54 bits per heavy atom. The van der Waals surface area contributed by atoms with Crippen LogP contribution >= 0.6 is 0 Å². The van der Waals surface area contributed by atoms with E-state index in [1.807, 2.05) is 24.3 Å². The lowest BCUT2D eigenvalue weighted by Crippen LogP contribution is -2.42. The summed E-state index contributed by atoms with van der Waals surface area (Å²) in [6.45, 7) is 5.19. The molecule has 26 heavy (non-hydrogen) atoms. The highest BCUT2D eigenvalue weighted by atomic mass is 16.1. The second-order valence-corrected chi connectivity index (χ2v) is 6.71. The van der Waals surface area contributed by atoms with Crippen LogP contribution in [0.15, 0.2) is 29.3 Å². The summed E-state index contributed by atoms with van der Waals surface area (Å²) < 4.78 is 0. The van der Waals surface area contributed by atoms with Crippen molar-refractivity contribution in [2.75, 3.05) is 46.8 Å². The van der Waals surface area contributed by atoms with Crippen LogP contribution in [0.4, 0.5) is 0 Å². The molecule has 0 saturated carbocycles. The number of benzene rings is 1. The van der Waals surface area contributed by atoms with Gasteiger partial charge < -0.3 is 20.9 Å². The molecule has 6 nitrogen and oxygen atoms in total. The maximum atomic E-state index is 11.7. The molecule has 0 aliphatic carbocycles. The summed E-state index contributed by atoms with van der Waals surface area (Å²) in [5.74, 6) is 0.785. The van der Waals surface area contributed by atoms with E-state index in [-0.39, 0.29) is 5.91 Å². The lowest BCUT2D eigenvalue weighted by Gasteiger charge is -2.20. The van der Waals surface area contributed by atoms with Crippen LogP contribution in [0.3, 0.4) is 0 Å². The molecule has 1 fully saturated rings. The largest absolute Gasteiger partial charge is 0.356 e. The van der Waals surface area contributed by atoms with Gasteiger partial charge in [-0.2, -0.15) is 0 Å². The molecular weight excluding hydrogens is 326 g/mol. The molecule has 0 radical (unpaired) electrons. The number of nitrogens with zero attached hydrogens (tertiary/aromatic N) is 2. The first kappa shape index (κ1) is 20.2. The number of amides is 1. The van der Waals surface area contributed by atoms with Gasteiger partial charge in [-0.3, -0.25) is 9.79 Å². The Bertz CT molecular complexity index is 579. The number of carbonyl (C=O) groups excluding carboxylic acids is 1. The molecule has 1 amide bonds. The van der Waals surface area contributed by atoms with Gasteiger partial charge >= 0.3 is 0 Å². The summed E-state index contributed by atoms with van der Waals surface area (Å²) in [5, 5.41) is 9.40. The Morgan fingerprint density at radius 2 is 1.85 bits per heavy atom. The van der Waals surface area contributed by atoms with Crippen molar-refractivity contribution in [2.45, 2.75) is 32.1 Å². The van der Waals surface area contributed by atoms with E-state index in [4.69, 9.17) is 0 Å². The first-order valence-electron chi connectivity index (χ1n) is 9.71. The van der Waals surface area contributed by atoms with Gasteiger partial charge in [-0.25, -0.2) is 0 Å². The number of nitrogens with one attached hydrogen (secondary N) is 3. The standard InChI is InChI=1S/C20H33N5O/c1-21-19(26)18-9-7-8-17(16-18)10-11-23-20(22-2)24-12-15-25-13-5-3-4-6-14-25/h7-9,16H,3-6,10-15H2,1-2H3,(H,21,26)(H2,22,23,24). The highest BCUT2D eigenvalue weighted by Gasteiger charge is 2.08. The van der Waals surface area contributed by atoms with Crippen molar-refractivity contribution in [1.82, 2.24) is 20.9 Å². The lowest BCUT2D eigenvalue weighted by molar-refractivity contribution is 0.0963. The Morgan fingerprint density at radius 1 is 1.12 bits per heavy atom. The summed E-state index contributed by atoms with van der Waals surface area (Å²) >= 11 is 0. The van der Waals surface area contributed by atoms with Crippen molar-refractivity contribution >= 4 is 11.9 Å². The van der Waals surface area contributed by atoms with Gasteiger partial charge in [0.2, 0.25) is 0 Å². The second kappa shape index (κ2) is 11.5. The zero-order valence-corrected chi connectivity index (χ0v) is 16.2. The lowest BCUT2D eigenvalue weighted by atomic mass is 10.1. The molecule has 0 unspecified atom stereocenters. The number of aliphatic imine (C=N–C) groups is 1. The van der Waals surface area contributed by atoms with Gasteiger partial charge in [-0.1, -0.05) is 25.0 Å². The molecule has 1 aliphatic heterocycles. The van der Waals surface area contributed by atoms with Crippen LogP contribution < -0.4 is 16.0 Å². The maximum absolute atomic E-state index is 11.7. The number of guanidine groups is 1. The van der Waals surface area contributed by atoms with Gasteiger partial charge in [0.05, 0.1) is 0 Å². The highest BCUT2D eigenvalue weighted by molar-refractivity contribution is 5.94. The van der Waals surface area contributed by atoms with Crippen LogP contribution in [0.25, 0.3) is 0 Å². The van der Waals surface area contributed by atoms with Gasteiger partial charge in [0.15, 0.2) is 5.96 Å². The third-order valence-corrected chi connectivity index (χ3v) is 4.77. The molecule has 2 rings (SSSR count). The smallest absolute Gasteiger partial charge is 0.251 e. The minimum absolute atomic E-state index is 0.0502. The number of carbonyl (C=O) groups is 1. The SMILES string of the molecule is CN=C(NCCc1cccc(C(=O)NC)c1)NCCN1CCCCCC1. The van der Waals surface area contributed by atoms with E-state index in [9.17, 15) is 4.79 Å². The molecule has 1 aromatic rings. The average Bonchev–Trinajstić information content (AvgIpc) is 2.95. The average molecular weight is 360 g/mol. The van der Waals surface area contributed by atoms with E-state index < -0.39 is 0 Å². The van der Waals surface area contributed by atoms with Crippen LogP contribution in [0.1, 0.15) is 41.6 Å². The van der Waals surface area contributed by atoms with E-state index in [2.05, 4.69) is 25.8 Å². The van der Waals surface area contributed by atoms with Crippen LogP contribution in [-0.2, 0) is 6.42 Å². The van der Waals surface area contributed by atoms with Crippen LogP contribution in [0.2, 0.25) is 0 Å².